The van der Waals surface area contributed by atoms with Crippen LogP contribution in [0.1, 0.15) is 62.1 Å². The number of Topliss-reactive ketones (excluding diaryl/α,β-unsaturated/α-hetero) is 1. The lowest BCUT2D eigenvalue weighted by Crippen LogP contribution is -2.45. The van der Waals surface area contributed by atoms with E-state index in [2.05, 4.69) is 11.4 Å². The molecule has 0 spiro atoms. The van der Waals surface area contributed by atoms with Gasteiger partial charge in [-0.2, -0.15) is 5.26 Å². The number of aliphatic hydroxyl groups is 2. The Labute approximate surface area is 272 Å². The average molecular weight is 660 g/mol. The number of ether oxygens (including phenoxy) is 1. The molecule has 0 aromatic heterocycles. The molecule has 10 heteroatoms. The lowest BCUT2D eigenvalue weighted by molar-refractivity contribution is -0.121. The lowest BCUT2D eigenvalue weighted by atomic mass is 9.61. The normalized spacial score (nSPS) is 22.2. The average Bonchev–Trinajstić information content (AvgIpc) is 3.32. The summed E-state index contributed by atoms with van der Waals surface area (Å²) in [5.41, 5.74) is -1.18. The summed E-state index contributed by atoms with van der Waals surface area (Å²) in [4.78, 5) is 13.9. The molecule has 3 aromatic carbocycles. The van der Waals surface area contributed by atoms with Gasteiger partial charge in [0.15, 0.2) is 0 Å². The summed E-state index contributed by atoms with van der Waals surface area (Å²) in [5.74, 6) is -2.29. The van der Waals surface area contributed by atoms with Gasteiger partial charge in [0, 0.05) is 29.0 Å². The third kappa shape index (κ3) is 7.51. The van der Waals surface area contributed by atoms with Crippen molar-refractivity contribution in [1.82, 2.24) is 5.32 Å². The molecule has 1 heterocycles. The number of aliphatic hydroxyl groups excluding tert-OH is 2. The summed E-state index contributed by atoms with van der Waals surface area (Å²) < 4.78 is 37.1. The number of carbonyl (C=O) groups excluding carboxylic acids is 1. The SMILES string of the molecule is COc1ccc(CC(C)(C)C[C@@H]2N[C@@H](C(=O)CCC[C@H](O)CO)[C@H](c3cccc(Cl)c3F)[C@@]2(C#N)c2ccc(Cl)cc2F)cc1. The van der Waals surface area contributed by atoms with Gasteiger partial charge in [-0.15, -0.1) is 0 Å². The van der Waals surface area contributed by atoms with Crippen LogP contribution in [0.3, 0.4) is 0 Å². The number of hydrogen-bond donors (Lipinski definition) is 3. The predicted molar refractivity (Wildman–Crippen MR) is 171 cm³/mol. The number of ketones is 1. The molecule has 45 heavy (non-hydrogen) atoms. The van der Waals surface area contributed by atoms with Crippen LogP contribution in [0.25, 0.3) is 0 Å². The van der Waals surface area contributed by atoms with Crippen molar-refractivity contribution >= 4 is 29.0 Å². The minimum Gasteiger partial charge on any atom is -0.497 e. The van der Waals surface area contributed by atoms with E-state index in [1.807, 2.05) is 38.1 Å². The molecule has 5 atom stereocenters. The number of carbonyl (C=O) groups is 1. The number of halogens is 4. The van der Waals surface area contributed by atoms with Crippen LogP contribution in [0.2, 0.25) is 10.0 Å². The van der Waals surface area contributed by atoms with Gasteiger partial charge in [-0.1, -0.05) is 67.4 Å². The number of hydrogen-bond acceptors (Lipinski definition) is 6. The fraction of sp³-hybridized carbons (Fsp3) is 0.429. The lowest BCUT2D eigenvalue weighted by Gasteiger charge is -2.38. The van der Waals surface area contributed by atoms with E-state index in [1.54, 1.807) is 13.2 Å². The van der Waals surface area contributed by atoms with Crippen LogP contribution in [0.5, 0.6) is 5.75 Å². The van der Waals surface area contributed by atoms with Crippen LogP contribution >= 0.6 is 23.2 Å². The molecule has 4 rings (SSSR count). The molecule has 1 aliphatic rings. The van der Waals surface area contributed by atoms with Crippen molar-refractivity contribution in [1.29, 1.82) is 5.26 Å². The summed E-state index contributed by atoms with van der Waals surface area (Å²) in [6.45, 7) is 3.62. The van der Waals surface area contributed by atoms with Crippen molar-refractivity contribution in [3.63, 3.8) is 0 Å². The van der Waals surface area contributed by atoms with Crippen LogP contribution in [0, 0.1) is 28.4 Å². The molecule has 0 bridgehead atoms. The van der Waals surface area contributed by atoms with Crippen molar-refractivity contribution in [3.05, 3.63) is 99.0 Å². The second-order valence-electron chi connectivity index (χ2n) is 12.5. The van der Waals surface area contributed by atoms with E-state index in [-0.39, 0.29) is 46.2 Å². The van der Waals surface area contributed by atoms with Gasteiger partial charge in [0.1, 0.15) is 28.6 Å². The zero-order valence-corrected chi connectivity index (χ0v) is 27.0. The third-order valence-electron chi connectivity index (χ3n) is 8.75. The van der Waals surface area contributed by atoms with Crippen LogP contribution in [0.15, 0.2) is 60.7 Å². The van der Waals surface area contributed by atoms with Crippen molar-refractivity contribution in [2.75, 3.05) is 13.7 Å². The molecule has 3 N–H and O–H groups in total. The summed E-state index contributed by atoms with van der Waals surface area (Å²) in [5, 5.41) is 33.5. The van der Waals surface area contributed by atoms with E-state index in [1.165, 1.54) is 24.3 Å². The maximum Gasteiger partial charge on any atom is 0.150 e. The van der Waals surface area contributed by atoms with Crippen LogP contribution in [-0.4, -0.2) is 47.9 Å². The van der Waals surface area contributed by atoms with Crippen LogP contribution < -0.4 is 10.1 Å². The van der Waals surface area contributed by atoms with Gasteiger partial charge in [0.05, 0.1) is 37.0 Å². The molecule has 1 fully saturated rings. The van der Waals surface area contributed by atoms with Crippen molar-refractivity contribution in [2.24, 2.45) is 5.41 Å². The molecule has 0 aliphatic carbocycles. The molecule has 3 aromatic rings. The number of nitrogens with one attached hydrogen (secondary N) is 1. The number of methoxy groups -OCH3 is 1. The van der Waals surface area contributed by atoms with Gasteiger partial charge in [0.2, 0.25) is 0 Å². The zero-order valence-electron chi connectivity index (χ0n) is 25.5. The first-order valence-corrected chi connectivity index (χ1v) is 15.6. The maximum absolute atomic E-state index is 16.0. The highest BCUT2D eigenvalue weighted by molar-refractivity contribution is 6.31. The Balaban J connectivity index is 1.85. The highest BCUT2D eigenvalue weighted by Crippen LogP contribution is 2.53. The molecule has 0 amide bonds. The van der Waals surface area contributed by atoms with Gasteiger partial charge in [0.25, 0.3) is 0 Å². The second-order valence-corrected chi connectivity index (χ2v) is 13.4. The Kier molecular flexibility index (Phi) is 11.3. The van der Waals surface area contributed by atoms with Gasteiger partial charge < -0.3 is 20.3 Å². The standard InChI is InChI=1S/C35H38Cl2F2N2O4/c1-34(2,17-21-10-13-24(45-3)14-11-21)18-30-35(20-40,26-15-12-22(36)16-28(26)38)31(25-7-5-8-27(37)32(25)39)33(41-30)29(44)9-4-6-23(43)19-42/h5,7-8,10-16,23,30-31,33,41-43H,4,6,9,17-19H2,1-3H3/t23-,30-,31-,33-,35-/m0/s1. The molecule has 1 saturated heterocycles. The number of nitrogens with zero attached hydrogens (tertiary/aromatic N) is 1. The van der Waals surface area contributed by atoms with E-state index in [4.69, 9.17) is 27.9 Å². The van der Waals surface area contributed by atoms with E-state index in [9.17, 15) is 20.3 Å². The first-order valence-electron chi connectivity index (χ1n) is 14.9. The Bertz CT molecular complexity index is 1550. The van der Waals surface area contributed by atoms with Crippen molar-refractivity contribution in [3.8, 4) is 11.8 Å². The van der Waals surface area contributed by atoms with E-state index in [0.29, 0.717) is 12.8 Å². The summed E-state index contributed by atoms with van der Waals surface area (Å²) in [7, 11) is 1.59. The van der Waals surface area contributed by atoms with Gasteiger partial charge in [-0.05, 0) is 72.6 Å². The summed E-state index contributed by atoms with van der Waals surface area (Å²) in [6, 6.07) is 16.6. The fourth-order valence-corrected chi connectivity index (χ4v) is 7.02. The first-order chi connectivity index (χ1) is 21.4. The summed E-state index contributed by atoms with van der Waals surface area (Å²) in [6.07, 6.45) is 0.349. The van der Waals surface area contributed by atoms with E-state index in [0.717, 1.165) is 17.4 Å². The highest BCUT2D eigenvalue weighted by Gasteiger charge is 2.61. The third-order valence-corrected chi connectivity index (χ3v) is 9.28. The number of rotatable bonds is 13. The number of nitriles is 1. The van der Waals surface area contributed by atoms with Crippen LogP contribution in [-0.2, 0) is 16.6 Å². The highest BCUT2D eigenvalue weighted by atomic mass is 35.5. The Morgan fingerprint density at radius 3 is 2.49 bits per heavy atom. The largest absolute Gasteiger partial charge is 0.497 e. The van der Waals surface area contributed by atoms with Crippen molar-refractivity contribution < 1.29 is 28.5 Å². The second kappa shape index (κ2) is 14.6. The molecular formula is C35H38Cl2F2N2O4. The fourth-order valence-electron chi connectivity index (χ4n) is 6.68. The topological polar surface area (TPSA) is 103 Å². The minimum atomic E-state index is -1.75. The van der Waals surface area contributed by atoms with E-state index < -0.39 is 53.2 Å². The molecule has 240 valence electrons. The van der Waals surface area contributed by atoms with Crippen molar-refractivity contribution in [2.45, 2.75) is 75.5 Å². The van der Waals surface area contributed by atoms with Gasteiger partial charge in [-0.3, -0.25) is 4.79 Å². The Hall–Kier alpha value is -3.06. The smallest absolute Gasteiger partial charge is 0.150 e. The molecular weight excluding hydrogens is 621 g/mol. The molecule has 1 aliphatic heterocycles. The van der Waals surface area contributed by atoms with E-state index >= 15 is 8.78 Å². The monoisotopic (exact) mass is 658 g/mol. The quantitative estimate of drug-likeness (QED) is 0.184. The number of benzene rings is 3. The molecule has 0 saturated carbocycles. The Morgan fingerprint density at radius 1 is 1.16 bits per heavy atom. The molecule has 6 nitrogen and oxygen atoms in total. The molecule has 0 radical (unpaired) electrons. The minimum absolute atomic E-state index is 0.00234. The zero-order chi connectivity index (χ0) is 32.9. The first kappa shape index (κ1) is 34.8. The Morgan fingerprint density at radius 2 is 1.87 bits per heavy atom. The predicted octanol–water partition coefficient (Wildman–Crippen LogP) is 6.92. The molecule has 0 unspecified atom stereocenters. The summed E-state index contributed by atoms with van der Waals surface area (Å²) >= 11 is 12.4. The van der Waals surface area contributed by atoms with Crippen LogP contribution in [0.4, 0.5) is 8.78 Å². The maximum atomic E-state index is 16.0. The van der Waals surface area contributed by atoms with Gasteiger partial charge >= 0.3 is 0 Å². The van der Waals surface area contributed by atoms with Gasteiger partial charge in [-0.25, -0.2) is 8.78 Å².